The number of amides is 2. The van der Waals surface area contributed by atoms with Gasteiger partial charge in [0.1, 0.15) is 5.82 Å². The number of piperazine rings is 2. The number of hydrogen-bond donors (Lipinski definition) is 2. The molecule has 8 heteroatoms. The lowest BCUT2D eigenvalue weighted by Crippen LogP contribution is -2.48. The summed E-state index contributed by atoms with van der Waals surface area (Å²) >= 11 is 0. The van der Waals surface area contributed by atoms with Crippen molar-refractivity contribution in [2.24, 2.45) is 0 Å². The maximum atomic E-state index is 14.9. The lowest BCUT2D eigenvalue weighted by Gasteiger charge is -2.32. The first-order chi connectivity index (χ1) is 19.5. The van der Waals surface area contributed by atoms with Gasteiger partial charge in [-0.2, -0.15) is 0 Å². The molecule has 0 spiro atoms. The van der Waals surface area contributed by atoms with E-state index in [9.17, 15) is 14.0 Å². The molecule has 0 unspecified atom stereocenters. The van der Waals surface area contributed by atoms with Gasteiger partial charge in [-0.15, -0.1) is 0 Å². The van der Waals surface area contributed by atoms with Crippen LogP contribution in [0.15, 0.2) is 66.7 Å². The fourth-order valence-corrected chi connectivity index (χ4v) is 5.54. The molecule has 3 aromatic carbocycles. The maximum Gasteiger partial charge on any atom is 0.251 e. The number of carbonyl (C=O) groups is 2. The summed E-state index contributed by atoms with van der Waals surface area (Å²) in [5.41, 5.74) is 5.05. The first kappa shape index (κ1) is 28.0. The quantitative estimate of drug-likeness (QED) is 0.405. The highest BCUT2D eigenvalue weighted by Crippen LogP contribution is 2.26. The third kappa shape index (κ3) is 7.33. The normalized spacial score (nSPS) is 18.4. The van der Waals surface area contributed by atoms with Crippen molar-refractivity contribution in [3.05, 3.63) is 94.8 Å². The van der Waals surface area contributed by atoms with Crippen LogP contribution in [0.3, 0.4) is 0 Å². The zero-order valence-electron chi connectivity index (χ0n) is 23.1. The Kier molecular flexibility index (Phi) is 9.21. The predicted molar refractivity (Wildman–Crippen MR) is 155 cm³/mol. The molecule has 0 saturated carbocycles. The maximum absolute atomic E-state index is 14.9. The van der Waals surface area contributed by atoms with Crippen molar-refractivity contribution >= 4 is 12.3 Å². The van der Waals surface area contributed by atoms with E-state index >= 15 is 0 Å². The monoisotopic (exact) mass is 543 g/mol. The molecular formula is C32H38FN5O2. The van der Waals surface area contributed by atoms with Gasteiger partial charge in [0.2, 0.25) is 6.41 Å². The smallest absolute Gasteiger partial charge is 0.251 e. The highest BCUT2D eigenvalue weighted by atomic mass is 19.1. The van der Waals surface area contributed by atoms with Crippen LogP contribution in [0.1, 0.15) is 34.0 Å². The van der Waals surface area contributed by atoms with Gasteiger partial charge in [-0.25, -0.2) is 4.39 Å². The topological polar surface area (TPSA) is 67.9 Å². The van der Waals surface area contributed by atoms with E-state index in [1.807, 2.05) is 42.5 Å². The number of rotatable bonds is 9. The van der Waals surface area contributed by atoms with Crippen LogP contribution < -0.4 is 10.6 Å². The van der Waals surface area contributed by atoms with Crippen LogP contribution in [0.4, 0.5) is 4.39 Å². The first-order valence-electron chi connectivity index (χ1n) is 14.1. The Balaban J connectivity index is 1.20. The minimum atomic E-state index is -0.273. The lowest BCUT2D eigenvalue weighted by atomic mass is 10.00. The second-order valence-corrected chi connectivity index (χ2v) is 10.9. The molecule has 2 saturated heterocycles. The van der Waals surface area contributed by atoms with Crippen molar-refractivity contribution in [3.63, 3.8) is 0 Å². The second kappa shape index (κ2) is 13.2. The van der Waals surface area contributed by atoms with E-state index in [-0.39, 0.29) is 11.7 Å². The lowest BCUT2D eigenvalue weighted by molar-refractivity contribution is -0.119. The van der Waals surface area contributed by atoms with E-state index in [2.05, 4.69) is 39.5 Å². The van der Waals surface area contributed by atoms with E-state index in [0.29, 0.717) is 23.7 Å². The van der Waals surface area contributed by atoms with Gasteiger partial charge < -0.3 is 15.5 Å². The molecule has 1 atom stereocenters. The van der Waals surface area contributed by atoms with Crippen molar-refractivity contribution in [3.8, 4) is 11.1 Å². The molecule has 2 amide bonds. The van der Waals surface area contributed by atoms with Crippen LogP contribution in [-0.4, -0.2) is 78.9 Å². The number of hydrogen-bond acceptors (Lipinski definition) is 5. The van der Waals surface area contributed by atoms with Crippen molar-refractivity contribution in [2.75, 3.05) is 45.8 Å². The Morgan fingerprint density at radius 3 is 2.45 bits per heavy atom. The zero-order valence-corrected chi connectivity index (χ0v) is 23.1. The molecule has 2 N–H and O–H groups in total. The van der Waals surface area contributed by atoms with Gasteiger partial charge in [0, 0.05) is 82.6 Å². The molecule has 0 radical (unpaired) electrons. The molecule has 2 aliphatic heterocycles. The van der Waals surface area contributed by atoms with Crippen molar-refractivity contribution < 1.29 is 14.0 Å². The Labute approximate surface area is 236 Å². The minimum Gasteiger partial charge on any atom is -0.348 e. The summed E-state index contributed by atoms with van der Waals surface area (Å²) in [6, 6.07) is 21.2. The molecule has 2 fully saturated rings. The van der Waals surface area contributed by atoms with Crippen molar-refractivity contribution in [2.45, 2.75) is 32.6 Å². The molecule has 5 rings (SSSR count). The summed E-state index contributed by atoms with van der Waals surface area (Å²) in [4.78, 5) is 30.4. The van der Waals surface area contributed by atoms with Gasteiger partial charge in [-0.05, 0) is 59.5 Å². The largest absolute Gasteiger partial charge is 0.348 e. The van der Waals surface area contributed by atoms with Crippen molar-refractivity contribution in [1.29, 1.82) is 0 Å². The van der Waals surface area contributed by atoms with Gasteiger partial charge in [0.25, 0.3) is 5.91 Å². The highest BCUT2D eigenvalue weighted by Gasteiger charge is 2.17. The SMILES string of the molecule is C[C@H]1CN(Cc2cccc(-c3cc(CNC(=O)c4cccc(CN5CCN(C=O)CC5)c4)ccc3F)c2)CCN1. The molecule has 2 heterocycles. The van der Waals surface area contributed by atoms with Crippen LogP contribution in [0.25, 0.3) is 11.1 Å². The average molecular weight is 544 g/mol. The number of carbonyl (C=O) groups excluding carboxylic acids is 2. The third-order valence-corrected chi connectivity index (χ3v) is 7.73. The molecule has 2 aliphatic rings. The van der Waals surface area contributed by atoms with E-state index in [0.717, 1.165) is 87.6 Å². The van der Waals surface area contributed by atoms with Gasteiger partial charge in [0.05, 0.1) is 0 Å². The van der Waals surface area contributed by atoms with E-state index < -0.39 is 0 Å². The molecule has 0 bridgehead atoms. The summed E-state index contributed by atoms with van der Waals surface area (Å²) in [5.74, 6) is -0.435. The standard InChI is InChI=1S/C32H38FN5O2/c1-24-20-38(11-10-34-24)22-26-4-2-6-28(16-26)30-18-25(8-9-31(30)33)19-35-32(40)29-7-3-5-27(17-29)21-36-12-14-37(23-39)15-13-36/h2-9,16-18,23-24,34H,10-15,19-22H2,1H3,(H,35,40)/t24-/m0/s1. The number of halogens is 1. The highest BCUT2D eigenvalue weighted by molar-refractivity contribution is 5.94. The van der Waals surface area contributed by atoms with Crippen LogP contribution in [0.2, 0.25) is 0 Å². The Morgan fingerprint density at radius 1 is 0.925 bits per heavy atom. The number of benzene rings is 3. The number of nitrogens with one attached hydrogen (secondary N) is 2. The molecule has 3 aromatic rings. The van der Waals surface area contributed by atoms with E-state index in [1.54, 1.807) is 11.0 Å². The molecular weight excluding hydrogens is 505 g/mol. The van der Waals surface area contributed by atoms with E-state index in [1.165, 1.54) is 6.07 Å². The molecule has 40 heavy (non-hydrogen) atoms. The van der Waals surface area contributed by atoms with Gasteiger partial charge in [0.15, 0.2) is 0 Å². The average Bonchev–Trinajstić information content (AvgIpc) is 2.97. The van der Waals surface area contributed by atoms with Crippen LogP contribution in [0.5, 0.6) is 0 Å². The van der Waals surface area contributed by atoms with Gasteiger partial charge in [-0.1, -0.05) is 36.4 Å². The Morgan fingerprint density at radius 2 is 1.68 bits per heavy atom. The van der Waals surface area contributed by atoms with Crippen LogP contribution in [-0.2, 0) is 24.4 Å². The fourth-order valence-electron chi connectivity index (χ4n) is 5.54. The van der Waals surface area contributed by atoms with Crippen LogP contribution >= 0.6 is 0 Å². The number of nitrogens with zero attached hydrogens (tertiary/aromatic N) is 3. The third-order valence-electron chi connectivity index (χ3n) is 7.73. The minimum absolute atomic E-state index is 0.161. The summed E-state index contributed by atoms with van der Waals surface area (Å²) in [6.45, 7) is 10.1. The fraction of sp³-hybridized carbons (Fsp3) is 0.375. The summed E-state index contributed by atoms with van der Waals surface area (Å²) in [7, 11) is 0. The molecule has 7 nitrogen and oxygen atoms in total. The Hall–Kier alpha value is -3.59. The molecule has 210 valence electrons. The first-order valence-corrected chi connectivity index (χ1v) is 14.1. The summed E-state index contributed by atoms with van der Waals surface area (Å²) < 4.78 is 14.9. The summed E-state index contributed by atoms with van der Waals surface area (Å²) in [6.07, 6.45) is 0.901. The van der Waals surface area contributed by atoms with Crippen LogP contribution in [0, 0.1) is 5.82 Å². The second-order valence-electron chi connectivity index (χ2n) is 10.9. The summed E-state index contributed by atoms with van der Waals surface area (Å²) in [5, 5.41) is 6.46. The van der Waals surface area contributed by atoms with Gasteiger partial charge in [-0.3, -0.25) is 19.4 Å². The van der Waals surface area contributed by atoms with Crippen molar-refractivity contribution in [1.82, 2.24) is 25.3 Å². The predicted octanol–water partition coefficient (Wildman–Crippen LogP) is 3.49. The zero-order chi connectivity index (χ0) is 27.9. The Bertz CT molecular complexity index is 1320. The molecule has 0 aromatic heterocycles. The van der Waals surface area contributed by atoms with Gasteiger partial charge >= 0.3 is 0 Å². The molecule has 0 aliphatic carbocycles. The van der Waals surface area contributed by atoms with E-state index in [4.69, 9.17) is 0 Å².